The zero-order chi connectivity index (χ0) is 18.4. The summed E-state index contributed by atoms with van der Waals surface area (Å²) in [5.74, 6) is 1.36. The van der Waals surface area contributed by atoms with Crippen molar-refractivity contribution in [3.63, 3.8) is 0 Å². The first-order valence-corrected chi connectivity index (χ1v) is 9.97. The van der Waals surface area contributed by atoms with Gasteiger partial charge >= 0.3 is 0 Å². The molecular weight excluding hydrogens is 366 g/mol. The van der Waals surface area contributed by atoms with Gasteiger partial charge in [0.1, 0.15) is 10.7 Å². The minimum Gasteiger partial charge on any atom is -0.345 e. The smallest absolute Gasteiger partial charge is 0.262 e. The SMILES string of the molecule is Cc1nc(C2CC2)nc2sc(C(=O)N[C@H](C)c3ccc(Cl)cc3)c(C)c12. The van der Waals surface area contributed by atoms with Gasteiger partial charge in [-0.15, -0.1) is 11.3 Å². The van der Waals surface area contributed by atoms with Crippen LogP contribution in [-0.4, -0.2) is 15.9 Å². The van der Waals surface area contributed by atoms with E-state index in [9.17, 15) is 4.79 Å². The monoisotopic (exact) mass is 385 g/mol. The fraction of sp³-hybridized carbons (Fsp3) is 0.350. The predicted octanol–water partition coefficient (Wildman–Crippen LogP) is 5.33. The number of fused-ring (bicyclic) bond motifs is 1. The van der Waals surface area contributed by atoms with Crippen LogP contribution in [0.2, 0.25) is 5.02 Å². The van der Waals surface area contributed by atoms with Gasteiger partial charge in [-0.1, -0.05) is 23.7 Å². The fourth-order valence-corrected chi connectivity index (χ4v) is 4.47. The lowest BCUT2D eigenvalue weighted by Crippen LogP contribution is -2.26. The first-order chi connectivity index (χ1) is 12.4. The Bertz CT molecular complexity index is 992. The summed E-state index contributed by atoms with van der Waals surface area (Å²) in [6.07, 6.45) is 2.34. The van der Waals surface area contributed by atoms with Gasteiger partial charge in [0, 0.05) is 16.3 Å². The highest BCUT2D eigenvalue weighted by molar-refractivity contribution is 7.20. The maximum atomic E-state index is 12.9. The van der Waals surface area contributed by atoms with E-state index < -0.39 is 0 Å². The number of hydrogen-bond acceptors (Lipinski definition) is 4. The molecule has 2 aromatic heterocycles. The third kappa shape index (κ3) is 3.21. The largest absolute Gasteiger partial charge is 0.345 e. The van der Waals surface area contributed by atoms with Gasteiger partial charge in [-0.3, -0.25) is 4.79 Å². The number of carbonyl (C=O) groups excluding carboxylic acids is 1. The van der Waals surface area contributed by atoms with Crippen molar-refractivity contribution in [1.29, 1.82) is 0 Å². The average Bonchev–Trinajstić information content (AvgIpc) is 3.39. The number of carbonyl (C=O) groups is 1. The molecular formula is C20H20ClN3OS. The van der Waals surface area contributed by atoms with Crippen LogP contribution >= 0.6 is 22.9 Å². The van der Waals surface area contributed by atoms with Gasteiger partial charge in [-0.2, -0.15) is 0 Å². The molecule has 0 unspecified atom stereocenters. The zero-order valence-electron chi connectivity index (χ0n) is 15.0. The Morgan fingerprint density at radius 1 is 1.23 bits per heavy atom. The van der Waals surface area contributed by atoms with Crippen molar-refractivity contribution < 1.29 is 4.79 Å². The molecule has 4 rings (SSSR count). The van der Waals surface area contributed by atoms with E-state index in [0.29, 0.717) is 15.8 Å². The minimum absolute atomic E-state index is 0.0691. The number of amides is 1. The summed E-state index contributed by atoms with van der Waals surface area (Å²) in [4.78, 5) is 23.9. The predicted molar refractivity (Wildman–Crippen MR) is 106 cm³/mol. The third-order valence-electron chi connectivity index (χ3n) is 4.85. The van der Waals surface area contributed by atoms with Gasteiger partial charge in [0.15, 0.2) is 0 Å². The van der Waals surface area contributed by atoms with Crippen molar-refractivity contribution in [3.8, 4) is 0 Å². The molecule has 0 bridgehead atoms. The number of nitrogens with zero attached hydrogens (tertiary/aromatic N) is 2. The van der Waals surface area contributed by atoms with Crippen LogP contribution in [0.1, 0.15) is 64.0 Å². The first kappa shape index (κ1) is 17.4. The molecule has 1 N–H and O–H groups in total. The molecule has 2 heterocycles. The summed E-state index contributed by atoms with van der Waals surface area (Å²) in [5, 5.41) is 4.79. The number of aromatic nitrogens is 2. The van der Waals surface area contributed by atoms with E-state index in [4.69, 9.17) is 16.6 Å². The highest BCUT2D eigenvalue weighted by Gasteiger charge is 2.28. The van der Waals surface area contributed by atoms with Crippen LogP contribution in [0, 0.1) is 13.8 Å². The van der Waals surface area contributed by atoms with Gasteiger partial charge < -0.3 is 5.32 Å². The van der Waals surface area contributed by atoms with E-state index in [1.165, 1.54) is 24.2 Å². The average molecular weight is 386 g/mol. The second kappa shape index (κ2) is 6.63. The number of halogens is 1. The third-order valence-corrected chi connectivity index (χ3v) is 6.29. The van der Waals surface area contributed by atoms with Crippen molar-refractivity contribution in [2.24, 2.45) is 0 Å². The Kier molecular flexibility index (Phi) is 4.45. The van der Waals surface area contributed by atoms with Gasteiger partial charge in [-0.05, 0) is 56.9 Å². The van der Waals surface area contributed by atoms with E-state index in [2.05, 4.69) is 10.3 Å². The van der Waals surface area contributed by atoms with Crippen molar-refractivity contribution >= 4 is 39.1 Å². The maximum Gasteiger partial charge on any atom is 0.262 e. The molecule has 6 heteroatoms. The molecule has 1 amide bonds. The van der Waals surface area contributed by atoms with E-state index >= 15 is 0 Å². The zero-order valence-corrected chi connectivity index (χ0v) is 16.5. The molecule has 1 fully saturated rings. The topological polar surface area (TPSA) is 54.9 Å². The normalized spacial score (nSPS) is 15.2. The number of rotatable bonds is 4. The van der Waals surface area contributed by atoms with Crippen LogP contribution in [-0.2, 0) is 0 Å². The van der Waals surface area contributed by atoms with E-state index in [-0.39, 0.29) is 11.9 Å². The van der Waals surface area contributed by atoms with Gasteiger partial charge in [0.05, 0.1) is 16.6 Å². The summed E-state index contributed by atoms with van der Waals surface area (Å²) >= 11 is 7.40. The molecule has 4 nitrogen and oxygen atoms in total. The lowest BCUT2D eigenvalue weighted by molar-refractivity contribution is 0.0943. The summed E-state index contributed by atoms with van der Waals surface area (Å²) in [6.45, 7) is 5.96. The lowest BCUT2D eigenvalue weighted by Gasteiger charge is -2.14. The molecule has 3 aromatic rings. The summed E-state index contributed by atoms with van der Waals surface area (Å²) in [7, 11) is 0. The molecule has 1 saturated carbocycles. The molecule has 1 aliphatic carbocycles. The lowest BCUT2D eigenvalue weighted by atomic mass is 10.1. The van der Waals surface area contributed by atoms with Crippen LogP contribution in [0.25, 0.3) is 10.2 Å². The van der Waals surface area contributed by atoms with Gasteiger partial charge in [0.2, 0.25) is 0 Å². The fourth-order valence-electron chi connectivity index (χ4n) is 3.20. The minimum atomic E-state index is -0.0985. The molecule has 1 aromatic carbocycles. The van der Waals surface area contributed by atoms with E-state index in [1.807, 2.05) is 45.0 Å². The van der Waals surface area contributed by atoms with Crippen molar-refractivity contribution in [1.82, 2.24) is 15.3 Å². The van der Waals surface area contributed by atoms with Crippen molar-refractivity contribution in [2.75, 3.05) is 0 Å². The van der Waals surface area contributed by atoms with Gasteiger partial charge in [-0.25, -0.2) is 9.97 Å². The Balaban J connectivity index is 1.63. The Morgan fingerprint density at radius 3 is 2.58 bits per heavy atom. The Labute approximate surface area is 161 Å². The summed E-state index contributed by atoms with van der Waals surface area (Å²) in [5.41, 5.74) is 2.95. The number of hydrogen-bond donors (Lipinski definition) is 1. The number of aryl methyl sites for hydroxylation is 2. The van der Waals surface area contributed by atoms with Crippen LogP contribution in [0.5, 0.6) is 0 Å². The standard InChI is InChI=1S/C20H20ClN3OS/c1-10-16-12(3)22-18(14-4-5-14)24-20(16)26-17(10)19(25)23-11(2)13-6-8-15(21)9-7-13/h6-9,11,14H,4-5H2,1-3H3,(H,23,25)/t11-/m1/s1. The highest BCUT2D eigenvalue weighted by atomic mass is 35.5. The van der Waals surface area contributed by atoms with Crippen LogP contribution < -0.4 is 5.32 Å². The number of nitrogens with one attached hydrogen (secondary N) is 1. The second-order valence-corrected chi connectivity index (χ2v) is 8.36. The van der Waals surface area contributed by atoms with E-state index in [0.717, 1.165) is 32.9 Å². The van der Waals surface area contributed by atoms with Crippen LogP contribution in [0.3, 0.4) is 0 Å². The molecule has 26 heavy (non-hydrogen) atoms. The summed E-state index contributed by atoms with van der Waals surface area (Å²) in [6, 6.07) is 7.44. The van der Waals surface area contributed by atoms with Crippen molar-refractivity contribution in [3.05, 3.63) is 56.8 Å². The van der Waals surface area contributed by atoms with E-state index in [1.54, 1.807) is 0 Å². The number of benzene rings is 1. The molecule has 1 atom stereocenters. The molecule has 134 valence electrons. The summed E-state index contributed by atoms with van der Waals surface area (Å²) < 4.78 is 0. The molecule has 0 radical (unpaired) electrons. The molecule has 0 saturated heterocycles. The van der Waals surface area contributed by atoms with Crippen LogP contribution in [0.4, 0.5) is 0 Å². The number of thiophene rings is 1. The Hall–Kier alpha value is -1.98. The van der Waals surface area contributed by atoms with Gasteiger partial charge in [0.25, 0.3) is 5.91 Å². The molecule has 1 aliphatic rings. The molecule has 0 aliphatic heterocycles. The second-order valence-electron chi connectivity index (χ2n) is 6.92. The van der Waals surface area contributed by atoms with Crippen LogP contribution in [0.15, 0.2) is 24.3 Å². The molecule has 0 spiro atoms. The maximum absolute atomic E-state index is 12.9. The van der Waals surface area contributed by atoms with Crippen molar-refractivity contribution in [2.45, 2.75) is 45.6 Å². The quantitative estimate of drug-likeness (QED) is 0.660. The highest BCUT2D eigenvalue weighted by Crippen LogP contribution is 2.40. The Morgan fingerprint density at radius 2 is 1.92 bits per heavy atom. The first-order valence-electron chi connectivity index (χ1n) is 8.78.